The highest BCUT2D eigenvalue weighted by atomic mass is 32.1. The van der Waals surface area contributed by atoms with Gasteiger partial charge in [-0.15, -0.1) is 11.3 Å². The molecule has 4 rings (SSSR count). The van der Waals surface area contributed by atoms with Crippen LogP contribution in [0.3, 0.4) is 0 Å². The largest absolute Gasteiger partial charge is 0.294 e. The average molecular weight is 367 g/mol. The number of amides is 1. The van der Waals surface area contributed by atoms with Crippen LogP contribution in [0.4, 0.5) is 10.3 Å². The van der Waals surface area contributed by atoms with E-state index in [4.69, 9.17) is 0 Å². The van der Waals surface area contributed by atoms with Crippen molar-refractivity contribution in [1.82, 2.24) is 9.97 Å². The molecule has 0 unspecified atom stereocenters. The molecule has 5 nitrogen and oxygen atoms in total. The average Bonchev–Trinajstić information content (AvgIpc) is 3.16. The number of aromatic nitrogens is 2. The molecule has 2 heterocycles. The molecule has 1 aromatic carbocycles. The van der Waals surface area contributed by atoms with Crippen LogP contribution in [0.2, 0.25) is 0 Å². The number of halogens is 1. The normalized spacial score (nSPS) is 16.2. The van der Waals surface area contributed by atoms with E-state index in [2.05, 4.69) is 15.3 Å². The molecular formula is C19H14FN3O2S. The maximum Gasteiger partial charge on any atom is 0.258 e. The minimum Gasteiger partial charge on any atom is -0.294 e. The Labute approximate surface area is 152 Å². The van der Waals surface area contributed by atoms with Crippen LogP contribution < -0.4 is 5.32 Å². The number of carbonyl (C=O) groups is 2. The summed E-state index contributed by atoms with van der Waals surface area (Å²) in [4.78, 5) is 34.2. The summed E-state index contributed by atoms with van der Waals surface area (Å²) in [6.45, 7) is 0. The van der Waals surface area contributed by atoms with Crippen molar-refractivity contribution in [2.24, 2.45) is 0 Å². The number of anilines is 1. The summed E-state index contributed by atoms with van der Waals surface area (Å²) in [5.74, 6) is -0.587. The van der Waals surface area contributed by atoms with Crippen LogP contribution in [0.1, 0.15) is 43.6 Å². The topological polar surface area (TPSA) is 72.0 Å². The maximum absolute atomic E-state index is 13.0. The van der Waals surface area contributed by atoms with Gasteiger partial charge in [0.1, 0.15) is 5.82 Å². The Morgan fingerprint density at radius 1 is 1.19 bits per heavy atom. The minimum absolute atomic E-state index is 0.0149. The van der Waals surface area contributed by atoms with Crippen molar-refractivity contribution >= 4 is 29.0 Å². The summed E-state index contributed by atoms with van der Waals surface area (Å²) in [5.41, 5.74) is 1.46. The zero-order valence-electron chi connectivity index (χ0n) is 13.6. The van der Waals surface area contributed by atoms with E-state index in [1.165, 1.54) is 30.5 Å². The number of fused-ring (bicyclic) bond motifs is 1. The van der Waals surface area contributed by atoms with Gasteiger partial charge in [-0.25, -0.2) is 14.4 Å². The number of ketones is 1. The van der Waals surface area contributed by atoms with Gasteiger partial charge in [0.05, 0.1) is 11.3 Å². The molecule has 0 saturated carbocycles. The fourth-order valence-corrected chi connectivity index (χ4v) is 3.84. The van der Waals surface area contributed by atoms with Gasteiger partial charge in [0.2, 0.25) is 5.95 Å². The predicted octanol–water partition coefficient (Wildman–Crippen LogP) is 3.84. The number of thiophene rings is 1. The lowest BCUT2D eigenvalue weighted by molar-refractivity contribution is 0.0963. The molecule has 0 saturated heterocycles. The molecule has 1 N–H and O–H groups in total. The third-order valence-corrected chi connectivity index (χ3v) is 5.35. The quantitative estimate of drug-likeness (QED) is 0.763. The fourth-order valence-electron chi connectivity index (χ4n) is 3.00. The Morgan fingerprint density at radius 2 is 2.00 bits per heavy atom. The molecule has 1 atom stereocenters. The van der Waals surface area contributed by atoms with Crippen LogP contribution >= 0.6 is 11.3 Å². The lowest BCUT2D eigenvalue weighted by Gasteiger charge is -2.22. The number of nitrogens with zero attached hydrogens (tertiary/aromatic N) is 2. The van der Waals surface area contributed by atoms with Gasteiger partial charge in [-0.2, -0.15) is 0 Å². The van der Waals surface area contributed by atoms with Gasteiger partial charge < -0.3 is 0 Å². The minimum atomic E-state index is -0.429. The highest BCUT2D eigenvalue weighted by Crippen LogP contribution is 2.34. The molecule has 1 amide bonds. The van der Waals surface area contributed by atoms with Crippen molar-refractivity contribution in [3.05, 3.63) is 75.5 Å². The molecule has 0 radical (unpaired) electrons. The van der Waals surface area contributed by atoms with Gasteiger partial charge in [-0.3, -0.25) is 14.9 Å². The SMILES string of the molecule is O=C(Nc1ncc2c(n1)C[C@@H](c1cccs1)CC2=O)c1ccc(F)cc1. The standard InChI is InChI=1S/C19H14FN3O2S/c20-13-5-3-11(4-6-13)18(25)23-19-21-10-14-15(22-19)8-12(9-16(14)24)17-2-1-7-26-17/h1-7,10,12H,8-9H2,(H,21,22,23,25)/t12-/m1/s1. The van der Waals surface area contributed by atoms with Crippen LogP contribution in [0.25, 0.3) is 0 Å². The van der Waals surface area contributed by atoms with Crippen molar-refractivity contribution in [3.8, 4) is 0 Å². The molecule has 1 aliphatic carbocycles. The Hall–Kier alpha value is -2.93. The van der Waals surface area contributed by atoms with Crippen molar-refractivity contribution in [1.29, 1.82) is 0 Å². The van der Waals surface area contributed by atoms with E-state index in [0.29, 0.717) is 29.7 Å². The van der Waals surface area contributed by atoms with Crippen LogP contribution in [-0.4, -0.2) is 21.7 Å². The number of carbonyl (C=O) groups excluding carboxylic acids is 2. The smallest absolute Gasteiger partial charge is 0.258 e. The summed E-state index contributed by atoms with van der Waals surface area (Å²) < 4.78 is 13.0. The molecule has 130 valence electrons. The predicted molar refractivity (Wildman–Crippen MR) is 96.1 cm³/mol. The van der Waals surface area contributed by atoms with E-state index in [9.17, 15) is 14.0 Å². The molecule has 0 bridgehead atoms. The summed E-state index contributed by atoms with van der Waals surface area (Å²) in [6, 6.07) is 9.19. The van der Waals surface area contributed by atoms with Gasteiger partial charge in [0.25, 0.3) is 5.91 Å². The molecule has 0 fully saturated rings. The second-order valence-electron chi connectivity index (χ2n) is 6.06. The molecule has 2 aromatic heterocycles. The number of hydrogen-bond donors (Lipinski definition) is 1. The van der Waals surface area contributed by atoms with E-state index < -0.39 is 11.7 Å². The van der Waals surface area contributed by atoms with Gasteiger partial charge >= 0.3 is 0 Å². The lowest BCUT2D eigenvalue weighted by Crippen LogP contribution is -2.22. The van der Waals surface area contributed by atoms with Crippen molar-refractivity contribution < 1.29 is 14.0 Å². The van der Waals surface area contributed by atoms with Crippen LogP contribution in [0.15, 0.2) is 48.0 Å². The Morgan fingerprint density at radius 3 is 2.73 bits per heavy atom. The summed E-state index contributed by atoms with van der Waals surface area (Å²) in [7, 11) is 0. The third-order valence-electron chi connectivity index (χ3n) is 4.32. The molecule has 1 aliphatic rings. The van der Waals surface area contributed by atoms with Crippen molar-refractivity contribution in [2.45, 2.75) is 18.8 Å². The van der Waals surface area contributed by atoms with Gasteiger partial charge in [0, 0.05) is 29.0 Å². The molecule has 3 aromatic rings. The van der Waals surface area contributed by atoms with Crippen molar-refractivity contribution in [3.63, 3.8) is 0 Å². The highest BCUT2D eigenvalue weighted by Gasteiger charge is 2.28. The van der Waals surface area contributed by atoms with E-state index in [0.717, 1.165) is 4.88 Å². The number of nitrogens with one attached hydrogen (secondary N) is 1. The van der Waals surface area contributed by atoms with Crippen LogP contribution in [0.5, 0.6) is 0 Å². The highest BCUT2D eigenvalue weighted by molar-refractivity contribution is 7.10. The zero-order chi connectivity index (χ0) is 18.1. The molecule has 26 heavy (non-hydrogen) atoms. The molecule has 0 aliphatic heterocycles. The number of rotatable bonds is 3. The Balaban J connectivity index is 1.56. The van der Waals surface area contributed by atoms with Gasteiger partial charge in [-0.05, 0) is 42.1 Å². The van der Waals surface area contributed by atoms with Gasteiger partial charge in [0.15, 0.2) is 5.78 Å². The first-order valence-electron chi connectivity index (χ1n) is 8.09. The molecular weight excluding hydrogens is 353 g/mol. The monoisotopic (exact) mass is 367 g/mol. The fraction of sp³-hybridized carbons (Fsp3) is 0.158. The summed E-state index contributed by atoms with van der Waals surface area (Å²) in [5, 5.41) is 4.59. The number of Topliss-reactive ketones (excluding diaryl/α,β-unsaturated/α-hetero) is 1. The number of hydrogen-bond acceptors (Lipinski definition) is 5. The Bertz CT molecular complexity index is 971. The summed E-state index contributed by atoms with van der Waals surface area (Å²) in [6.07, 6.45) is 2.54. The Kier molecular flexibility index (Phi) is 4.30. The first kappa shape index (κ1) is 16.5. The van der Waals surface area contributed by atoms with E-state index in [1.54, 1.807) is 11.3 Å². The van der Waals surface area contributed by atoms with E-state index in [1.807, 2.05) is 17.5 Å². The zero-order valence-corrected chi connectivity index (χ0v) is 14.4. The first-order valence-corrected chi connectivity index (χ1v) is 8.97. The van der Waals surface area contributed by atoms with Gasteiger partial charge in [-0.1, -0.05) is 6.07 Å². The summed E-state index contributed by atoms with van der Waals surface area (Å²) >= 11 is 1.62. The van der Waals surface area contributed by atoms with Crippen molar-refractivity contribution in [2.75, 3.05) is 5.32 Å². The third kappa shape index (κ3) is 3.25. The second kappa shape index (κ2) is 6.76. The van der Waals surface area contributed by atoms with E-state index >= 15 is 0 Å². The van der Waals surface area contributed by atoms with Crippen LogP contribution in [-0.2, 0) is 6.42 Å². The number of benzene rings is 1. The van der Waals surface area contributed by atoms with Crippen LogP contribution in [0, 0.1) is 5.82 Å². The second-order valence-corrected chi connectivity index (χ2v) is 7.04. The molecule has 7 heteroatoms. The molecule has 0 spiro atoms. The lowest BCUT2D eigenvalue weighted by atomic mass is 9.86. The first-order chi connectivity index (χ1) is 12.6. The van der Waals surface area contributed by atoms with E-state index in [-0.39, 0.29) is 17.6 Å². The maximum atomic E-state index is 13.0.